The van der Waals surface area contributed by atoms with Crippen molar-refractivity contribution in [2.45, 2.75) is 26.3 Å². The molecule has 2 aliphatic heterocycles. The van der Waals surface area contributed by atoms with Crippen molar-refractivity contribution in [3.05, 3.63) is 0 Å². The number of nitrogens with zero attached hydrogens (tertiary/aromatic N) is 1. The molecule has 0 aliphatic carbocycles. The van der Waals surface area contributed by atoms with E-state index in [1.165, 1.54) is 19.6 Å². The van der Waals surface area contributed by atoms with Crippen LogP contribution >= 0.6 is 0 Å². The molecule has 15 heavy (non-hydrogen) atoms. The summed E-state index contributed by atoms with van der Waals surface area (Å²) >= 11 is 0. The van der Waals surface area contributed by atoms with Crippen LogP contribution in [0.3, 0.4) is 0 Å². The molecule has 0 amide bonds. The molecule has 3 heteroatoms. The largest absolute Gasteiger partial charge is 0.378 e. The van der Waals surface area contributed by atoms with Gasteiger partial charge in [0.25, 0.3) is 0 Å². The Morgan fingerprint density at radius 2 is 2.20 bits per heavy atom. The maximum absolute atomic E-state index is 5.54. The number of ether oxygens (including phenoxy) is 1. The molecule has 88 valence electrons. The van der Waals surface area contributed by atoms with E-state index in [4.69, 9.17) is 4.74 Å². The lowest BCUT2D eigenvalue weighted by molar-refractivity contribution is -0.0606. The second-order valence-corrected chi connectivity index (χ2v) is 5.71. The number of morpholine rings is 1. The summed E-state index contributed by atoms with van der Waals surface area (Å²) in [5.74, 6) is 1.70. The maximum atomic E-state index is 5.54. The molecule has 1 unspecified atom stereocenters. The van der Waals surface area contributed by atoms with Crippen molar-refractivity contribution in [1.82, 2.24) is 10.2 Å². The molecule has 0 bridgehead atoms. The van der Waals surface area contributed by atoms with Gasteiger partial charge in [0, 0.05) is 18.6 Å². The van der Waals surface area contributed by atoms with Crippen molar-refractivity contribution in [3.63, 3.8) is 0 Å². The molecule has 0 spiro atoms. The van der Waals surface area contributed by atoms with Gasteiger partial charge in [0.1, 0.15) is 0 Å². The lowest BCUT2D eigenvalue weighted by Crippen LogP contribution is -2.56. The second-order valence-electron chi connectivity index (χ2n) is 5.71. The van der Waals surface area contributed by atoms with Crippen molar-refractivity contribution in [2.24, 2.45) is 11.8 Å². The van der Waals surface area contributed by atoms with E-state index in [1.807, 2.05) is 0 Å². The topological polar surface area (TPSA) is 24.5 Å². The Morgan fingerprint density at radius 1 is 1.47 bits per heavy atom. The van der Waals surface area contributed by atoms with Gasteiger partial charge in [-0.1, -0.05) is 6.92 Å². The summed E-state index contributed by atoms with van der Waals surface area (Å²) in [6, 6.07) is 0. The van der Waals surface area contributed by atoms with Crippen LogP contribution in [0.2, 0.25) is 0 Å². The van der Waals surface area contributed by atoms with Crippen molar-refractivity contribution < 1.29 is 4.74 Å². The molecule has 2 aliphatic rings. The first-order valence-corrected chi connectivity index (χ1v) is 6.13. The van der Waals surface area contributed by atoms with E-state index in [9.17, 15) is 0 Å². The Labute approximate surface area is 93.2 Å². The highest BCUT2D eigenvalue weighted by atomic mass is 16.5. The zero-order valence-electron chi connectivity index (χ0n) is 10.3. The fourth-order valence-corrected chi connectivity index (χ4v) is 2.44. The van der Waals surface area contributed by atoms with Gasteiger partial charge in [0.2, 0.25) is 0 Å². The lowest BCUT2D eigenvalue weighted by Gasteiger charge is -2.45. The molecule has 0 aromatic carbocycles. The van der Waals surface area contributed by atoms with Gasteiger partial charge in [-0.3, -0.25) is 4.90 Å². The first-order chi connectivity index (χ1) is 7.09. The van der Waals surface area contributed by atoms with E-state index in [0.717, 1.165) is 31.6 Å². The molecule has 3 nitrogen and oxygen atoms in total. The van der Waals surface area contributed by atoms with E-state index in [-0.39, 0.29) is 5.54 Å². The van der Waals surface area contributed by atoms with Crippen molar-refractivity contribution in [2.75, 3.05) is 39.4 Å². The Bertz CT molecular complexity index is 214. The number of hydrogen-bond donors (Lipinski definition) is 1. The predicted octanol–water partition coefficient (Wildman–Crippen LogP) is 0.953. The zero-order chi connectivity index (χ0) is 10.9. The fourth-order valence-electron chi connectivity index (χ4n) is 2.44. The normalized spacial score (nSPS) is 29.8. The summed E-state index contributed by atoms with van der Waals surface area (Å²) in [5.41, 5.74) is 0.226. The summed E-state index contributed by atoms with van der Waals surface area (Å²) in [5, 5.41) is 3.36. The SMILES string of the molecule is CC(CN1CCOCC1(C)C)C1CNC1. The summed E-state index contributed by atoms with van der Waals surface area (Å²) in [7, 11) is 0. The van der Waals surface area contributed by atoms with Crippen LogP contribution in [0.4, 0.5) is 0 Å². The summed E-state index contributed by atoms with van der Waals surface area (Å²) < 4.78 is 5.54. The van der Waals surface area contributed by atoms with Crippen LogP contribution in [0, 0.1) is 11.8 Å². The third kappa shape index (κ3) is 2.52. The summed E-state index contributed by atoms with van der Waals surface area (Å²) in [6.45, 7) is 13.5. The molecule has 1 N–H and O–H groups in total. The van der Waals surface area contributed by atoms with Gasteiger partial charge in [-0.15, -0.1) is 0 Å². The van der Waals surface area contributed by atoms with E-state index < -0.39 is 0 Å². The minimum Gasteiger partial charge on any atom is -0.378 e. The first-order valence-electron chi connectivity index (χ1n) is 6.13. The van der Waals surface area contributed by atoms with E-state index in [0.29, 0.717) is 0 Å². The Hall–Kier alpha value is -0.120. The highest BCUT2D eigenvalue weighted by Crippen LogP contribution is 2.24. The van der Waals surface area contributed by atoms with E-state index >= 15 is 0 Å². The number of nitrogens with one attached hydrogen (secondary N) is 1. The predicted molar refractivity (Wildman–Crippen MR) is 62.0 cm³/mol. The molecule has 2 fully saturated rings. The molecule has 1 atom stereocenters. The van der Waals surface area contributed by atoms with Gasteiger partial charge < -0.3 is 10.1 Å². The smallest absolute Gasteiger partial charge is 0.0645 e. The Kier molecular flexibility index (Phi) is 3.33. The third-order valence-corrected chi connectivity index (χ3v) is 3.94. The summed E-state index contributed by atoms with van der Waals surface area (Å²) in [4.78, 5) is 2.60. The van der Waals surface area contributed by atoms with Crippen LogP contribution in [0.1, 0.15) is 20.8 Å². The van der Waals surface area contributed by atoms with E-state index in [1.54, 1.807) is 0 Å². The van der Waals surface area contributed by atoms with Crippen LogP contribution < -0.4 is 5.32 Å². The molecular formula is C12H24N2O. The first kappa shape index (κ1) is 11.4. The molecule has 0 radical (unpaired) electrons. The van der Waals surface area contributed by atoms with Crippen LogP contribution in [0.15, 0.2) is 0 Å². The van der Waals surface area contributed by atoms with Gasteiger partial charge in [-0.25, -0.2) is 0 Å². The van der Waals surface area contributed by atoms with Crippen LogP contribution in [0.25, 0.3) is 0 Å². The molecule has 2 heterocycles. The number of rotatable bonds is 3. The maximum Gasteiger partial charge on any atom is 0.0645 e. The Morgan fingerprint density at radius 3 is 2.73 bits per heavy atom. The lowest BCUT2D eigenvalue weighted by atomic mass is 9.87. The van der Waals surface area contributed by atoms with Gasteiger partial charge in [0.15, 0.2) is 0 Å². The molecule has 2 saturated heterocycles. The minimum atomic E-state index is 0.226. The molecule has 0 saturated carbocycles. The quantitative estimate of drug-likeness (QED) is 0.754. The van der Waals surface area contributed by atoms with Crippen LogP contribution in [0.5, 0.6) is 0 Å². The standard InChI is InChI=1S/C12H24N2O/c1-10(11-6-13-7-11)8-14-4-5-15-9-12(14,2)3/h10-11,13H,4-9H2,1-3H3. The number of hydrogen-bond acceptors (Lipinski definition) is 3. The third-order valence-electron chi connectivity index (χ3n) is 3.94. The molecular weight excluding hydrogens is 188 g/mol. The van der Waals surface area contributed by atoms with Gasteiger partial charge in [-0.2, -0.15) is 0 Å². The average Bonchev–Trinajstić information content (AvgIpc) is 2.05. The summed E-state index contributed by atoms with van der Waals surface area (Å²) in [6.07, 6.45) is 0. The van der Waals surface area contributed by atoms with Crippen molar-refractivity contribution >= 4 is 0 Å². The fraction of sp³-hybridized carbons (Fsp3) is 1.00. The van der Waals surface area contributed by atoms with Gasteiger partial charge >= 0.3 is 0 Å². The monoisotopic (exact) mass is 212 g/mol. The molecule has 0 aromatic heterocycles. The van der Waals surface area contributed by atoms with Crippen LogP contribution in [-0.2, 0) is 4.74 Å². The van der Waals surface area contributed by atoms with Crippen molar-refractivity contribution in [3.8, 4) is 0 Å². The van der Waals surface area contributed by atoms with Crippen molar-refractivity contribution in [1.29, 1.82) is 0 Å². The van der Waals surface area contributed by atoms with E-state index in [2.05, 4.69) is 31.0 Å². The highest BCUT2D eigenvalue weighted by Gasteiger charge is 2.33. The van der Waals surface area contributed by atoms with Gasteiger partial charge in [0.05, 0.1) is 13.2 Å². The molecule has 0 aromatic rings. The average molecular weight is 212 g/mol. The van der Waals surface area contributed by atoms with Crippen LogP contribution in [-0.4, -0.2) is 49.8 Å². The van der Waals surface area contributed by atoms with Gasteiger partial charge in [-0.05, 0) is 38.8 Å². The minimum absolute atomic E-state index is 0.226. The Balaban J connectivity index is 1.85. The highest BCUT2D eigenvalue weighted by molar-refractivity contribution is 4.88. The molecule has 2 rings (SSSR count). The zero-order valence-corrected chi connectivity index (χ0v) is 10.3. The second kappa shape index (κ2) is 4.40.